The van der Waals surface area contributed by atoms with Gasteiger partial charge in [0.15, 0.2) is 0 Å². The average Bonchev–Trinajstić information content (AvgIpc) is 3.21. The van der Waals surface area contributed by atoms with Gasteiger partial charge >= 0.3 is 0 Å². The standard InChI is InChI=1S/C30H41N3O2/c1-21-13-17-23(18-14-21)28-27(31-25-9-5-3-6-10-25)30(33(34)35)29(24-19-15-22(2)16-20-24)32(28)26-11-7-4-8-12-26/h13-20,25-31H,3-12H2,1-2H3/t27-,28-,29-,30+/m1/s1. The maximum absolute atomic E-state index is 12.9. The Morgan fingerprint density at radius 2 is 1.23 bits per heavy atom. The molecule has 0 spiro atoms. The van der Waals surface area contributed by atoms with Gasteiger partial charge in [-0.05, 0) is 50.7 Å². The lowest BCUT2D eigenvalue weighted by Gasteiger charge is -2.40. The molecule has 35 heavy (non-hydrogen) atoms. The Labute approximate surface area is 210 Å². The third-order valence-corrected chi connectivity index (χ3v) is 8.78. The predicted octanol–water partition coefficient (Wildman–Crippen LogP) is 6.67. The Hall–Kier alpha value is -2.24. The van der Waals surface area contributed by atoms with Crippen molar-refractivity contribution in [2.75, 3.05) is 0 Å². The fourth-order valence-corrected chi connectivity index (χ4v) is 7.01. The molecule has 1 heterocycles. The van der Waals surface area contributed by atoms with Crippen LogP contribution in [-0.2, 0) is 0 Å². The Morgan fingerprint density at radius 1 is 0.743 bits per heavy atom. The van der Waals surface area contributed by atoms with Gasteiger partial charge in [0.2, 0.25) is 6.04 Å². The zero-order valence-electron chi connectivity index (χ0n) is 21.4. The molecule has 1 aliphatic heterocycles. The van der Waals surface area contributed by atoms with Gasteiger partial charge in [-0.3, -0.25) is 15.0 Å². The van der Waals surface area contributed by atoms with Crippen molar-refractivity contribution < 1.29 is 4.92 Å². The Bertz CT molecular complexity index is 978. The maximum Gasteiger partial charge on any atom is 0.249 e. The molecule has 2 aromatic rings. The van der Waals surface area contributed by atoms with Crippen LogP contribution in [0.2, 0.25) is 0 Å². The molecule has 0 amide bonds. The summed E-state index contributed by atoms with van der Waals surface area (Å²) in [5.41, 5.74) is 4.73. The lowest BCUT2D eigenvalue weighted by atomic mass is 9.90. The van der Waals surface area contributed by atoms with Crippen LogP contribution in [0.3, 0.4) is 0 Å². The first-order valence-electron chi connectivity index (χ1n) is 13.8. The van der Waals surface area contributed by atoms with Gasteiger partial charge in [0.25, 0.3) is 0 Å². The number of hydrogen-bond donors (Lipinski definition) is 1. The third-order valence-electron chi connectivity index (χ3n) is 8.78. The van der Waals surface area contributed by atoms with Crippen LogP contribution in [0, 0.1) is 24.0 Å². The fraction of sp³-hybridized carbons (Fsp3) is 0.600. The summed E-state index contributed by atoms with van der Waals surface area (Å²) in [4.78, 5) is 15.5. The molecule has 4 atom stereocenters. The van der Waals surface area contributed by atoms with Crippen LogP contribution in [0.25, 0.3) is 0 Å². The van der Waals surface area contributed by atoms with Crippen molar-refractivity contribution in [3.8, 4) is 0 Å². The summed E-state index contributed by atoms with van der Waals surface area (Å²) < 4.78 is 0. The molecule has 188 valence electrons. The summed E-state index contributed by atoms with van der Waals surface area (Å²) in [5.74, 6) is 0. The zero-order valence-corrected chi connectivity index (χ0v) is 21.4. The van der Waals surface area contributed by atoms with E-state index in [0.29, 0.717) is 12.1 Å². The lowest BCUT2D eigenvalue weighted by Crippen LogP contribution is -2.50. The highest BCUT2D eigenvalue weighted by Crippen LogP contribution is 2.49. The second-order valence-electron chi connectivity index (χ2n) is 11.3. The molecule has 2 aromatic carbocycles. The normalized spacial score (nSPS) is 28.9. The lowest BCUT2D eigenvalue weighted by molar-refractivity contribution is -0.529. The van der Waals surface area contributed by atoms with Crippen molar-refractivity contribution in [1.29, 1.82) is 0 Å². The molecule has 1 N–H and O–H groups in total. The number of nitrogens with zero attached hydrogens (tertiary/aromatic N) is 2. The summed E-state index contributed by atoms with van der Waals surface area (Å²) in [6, 6.07) is 17.0. The highest BCUT2D eigenvalue weighted by atomic mass is 16.6. The first-order chi connectivity index (χ1) is 17.0. The van der Waals surface area contributed by atoms with Gasteiger partial charge in [0.1, 0.15) is 6.04 Å². The average molecular weight is 476 g/mol. The molecule has 0 bridgehead atoms. The molecule has 3 aliphatic rings. The second-order valence-corrected chi connectivity index (χ2v) is 11.3. The molecule has 3 fully saturated rings. The van der Waals surface area contributed by atoms with E-state index in [9.17, 15) is 10.1 Å². The summed E-state index contributed by atoms with van der Waals surface area (Å²) >= 11 is 0. The van der Waals surface area contributed by atoms with Gasteiger partial charge in [0, 0.05) is 17.0 Å². The Morgan fingerprint density at radius 3 is 1.74 bits per heavy atom. The van der Waals surface area contributed by atoms with Crippen molar-refractivity contribution >= 4 is 0 Å². The molecule has 2 saturated carbocycles. The summed E-state index contributed by atoms with van der Waals surface area (Å²) in [7, 11) is 0. The molecular weight excluding hydrogens is 434 g/mol. The molecule has 5 nitrogen and oxygen atoms in total. The minimum atomic E-state index is -0.673. The quantitative estimate of drug-likeness (QED) is 0.374. The number of likely N-dealkylation sites (tertiary alicyclic amines) is 1. The van der Waals surface area contributed by atoms with E-state index < -0.39 is 6.04 Å². The molecule has 0 unspecified atom stereocenters. The SMILES string of the molecule is Cc1ccc([C@@H]2[C@@H](NC3CCCCC3)[C@H]([N+](=O)[O-])[C@@H](c3ccc(C)cc3)N2C2CCCCC2)cc1. The molecular formula is C30H41N3O2. The monoisotopic (exact) mass is 475 g/mol. The van der Waals surface area contributed by atoms with Crippen molar-refractivity contribution in [3.05, 3.63) is 80.9 Å². The number of aryl methyl sites for hydroxylation is 2. The number of benzene rings is 2. The third kappa shape index (κ3) is 5.17. The van der Waals surface area contributed by atoms with Gasteiger partial charge in [-0.15, -0.1) is 0 Å². The number of nitrogens with one attached hydrogen (secondary N) is 1. The predicted molar refractivity (Wildman–Crippen MR) is 141 cm³/mol. The minimum Gasteiger partial charge on any atom is -0.303 e. The van der Waals surface area contributed by atoms with E-state index in [1.165, 1.54) is 55.2 Å². The number of hydrogen-bond acceptors (Lipinski definition) is 4. The molecule has 5 rings (SSSR count). The molecule has 0 aromatic heterocycles. The first kappa shape index (κ1) is 24.5. The van der Waals surface area contributed by atoms with Crippen LogP contribution in [0.5, 0.6) is 0 Å². The van der Waals surface area contributed by atoms with Crippen LogP contribution < -0.4 is 5.32 Å². The van der Waals surface area contributed by atoms with E-state index in [1.54, 1.807) is 0 Å². The van der Waals surface area contributed by atoms with Crippen LogP contribution in [0.4, 0.5) is 0 Å². The summed E-state index contributed by atoms with van der Waals surface area (Å²) in [6.07, 6.45) is 11.9. The van der Waals surface area contributed by atoms with Gasteiger partial charge in [0.05, 0.1) is 12.1 Å². The topological polar surface area (TPSA) is 58.4 Å². The van der Waals surface area contributed by atoms with Gasteiger partial charge in [-0.25, -0.2) is 0 Å². The Balaban J connectivity index is 1.63. The van der Waals surface area contributed by atoms with Crippen molar-refractivity contribution in [2.24, 2.45) is 0 Å². The molecule has 1 saturated heterocycles. The summed E-state index contributed by atoms with van der Waals surface area (Å²) in [5, 5.41) is 16.8. The molecule has 2 aliphatic carbocycles. The Kier molecular flexibility index (Phi) is 7.54. The van der Waals surface area contributed by atoms with Crippen molar-refractivity contribution in [3.63, 3.8) is 0 Å². The van der Waals surface area contributed by atoms with Crippen LogP contribution in [-0.4, -0.2) is 34.0 Å². The molecule has 0 radical (unpaired) electrons. The zero-order chi connectivity index (χ0) is 24.4. The van der Waals surface area contributed by atoms with E-state index in [4.69, 9.17) is 0 Å². The van der Waals surface area contributed by atoms with E-state index in [1.807, 2.05) is 0 Å². The van der Waals surface area contributed by atoms with Crippen LogP contribution in [0.1, 0.15) is 98.5 Å². The number of rotatable bonds is 6. The smallest absolute Gasteiger partial charge is 0.249 e. The minimum absolute atomic E-state index is 0.00216. The van der Waals surface area contributed by atoms with Gasteiger partial charge in [-0.1, -0.05) is 98.2 Å². The highest BCUT2D eigenvalue weighted by Gasteiger charge is 2.58. The van der Waals surface area contributed by atoms with Crippen LogP contribution in [0.15, 0.2) is 48.5 Å². The highest BCUT2D eigenvalue weighted by molar-refractivity contribution is 5.33. The summed E-state index contributed by atoms with van der Waals surface area (Å²) in [6.45, 7) is 4.20. The van der Waals surface area contributed by atoms with Crippen molar-refractivity contribution in [2.45, 2.75) is 114 Å². The molecule has 5 heteroatoms. The van der Waals surface area contributed by atoms with E-state index >= 15 is 0 Å². The fourth-order valence-electron chi connectivity index (χ4n) is 7.01. The largest absolute Gasteiger partial charge is 0.303 e. The van der Waals surface area contributed by atoms with Gasteiger partial charge < -0.3 is 5.32 Å². The van der Waals surface area contributed by atoms with Crippen LogP contribution >= 0.6 is 0 Å². The second kappa shape index (κ2) is 10.8. The van der Waals surface area contributed by atoms with Crippen molar-refractivity contribution in [1.82, 2.24) is 10.2 Å². The van der Waals surface area contributed by atoms with E-state index in [0.717, 1.165) is 31.2 Å². The first-order valence-corrected chi connectivity index (χ1v) is 13.8. The van der Waals surface area contributed by atoms with E-state index in [-0.39, 0.29) is 23.0 Å². The van der Waals surface area contributed by atoms with E-state index in [2.05, 4.69) is 72.6 Å². The maximum atomic E-state index is 12.9. The number of nitro groups is 1. The van der Waals surface area contributed by atoms with Gasteiger partial charge in [-0.2, -0.15) is 0 Å².